The molecule has 1 N–H and O–H groups in total. The number of carbonyl (C=O) groups is 4. The van der Waals surface area contributed by atoms with Gasteiger partial charge in [-0.15, -0.1) is 0 Å². The van der Waals surface area contributed by atoms with Gasteiger partial charge in [-0.1, -0.05) is 65.8 Å². The SMILES string of the molecule is CC(C)(C)c1ccc(C(=O)COC(=O)CN2C(=O)NC3(CCC(C(C)(C)C)CC3)C2=O)cc1. The molecule has 0 bridgehead atoms. The minimum Gasteiger partial charge on any atom is -0.456 e. The van der Waals surface area contributed by atoms with Crippen molar-refractivity contribution >= 4 is 23.7 Å². The van der Waals surface area contributed by atoms with Gasteiger partial charge < -0.3 is 10.1 Å². The van der Waals surface area contributed by atoms with E-state index >= 15 is 0 Å². The fraction of sp³-hybridized carbons (Fsp3) is 0.615. The Morgan fingerprint density at radius 3 is 2.12 bits per heavy atom. The first kappa shape index (κ1) is 24.9. The van der Waals surface area contributed by atoms with Crippen molar-refractivity contribution in [2.45, 2.75) is 78.2 Å². The molecular weight excluding hydrogens is 420 g/mol. The van der Waals surface area contributed by atoms with Gasteiger partial charge >= 0.3 is 12.0 Å². The van der Waals surface area contributed by atoms with Gasteiger partial charge in [-0.05, 0) is 48.0 Å². The normalized spacial score (nSPS) is 23.6. The zero-order valence-corrected chi connectivity index (χ0v) is 20.6. The number of esters is 1. The number of rotatable bonds is 5. The average molecular weight is 457 g/mol. The number of amides is 3. The second kappa shape index (κ2) is 8.92. The van der Waals surface area contributed by atoms with Crippen molar-refractivity contribution in [1.82, 2.24) is 10.2 Å². The molecule has 0 unspecified atom stereocenters. The Labute approximate surface area is 196 Å². The fourth-order valence-corrected chi connectivity index (χ4v) is 4.70. The Balaban J connectivity index is 1.54. The van der Waals surface area contributed by atoms with Crippen LogP contribution in [-0.2, 0) is 19.7 Å². The van der Waals surface area contributed by atoms with Crippen LogP contribution in [0.15, 0.2) is 24.3 Å². The monoisotopic (exact) mass is 456 g/mol. The molecule has 1 spiro atoms. The molecule has 1 aliphatic carbocycles. The molecule has 3 rings (SSSR count). The topological polar surface area (TPSA) is 92.8 Å². The number of hydrogen-bond acceptors (Lipinski definition) is 5. The Hall–Kier alpha value is -2.70. The molecule has 1 aromatic rings. The Morgan fingerprint density at radius 2 is 1.61 bits per heavy atom. The fourth-order valence-electron chi connectivity index (χ4n) is 4.70. The van der Waals surface area contributed by atoms with E-state index < -0.39 is 30.7 Å². The molecule has 2 fully saturated rings. The van der Waals surface area contributed by atoms with Crippen LogP contribution in [-0.4, -0.2) is 47.3 Å². The third-order valence-corrected chi connectivity index (χ3v) is 7.03. The molecule has 0 aromatic heterocycles. The van der Waals surface area contributed by atoms with Crippen LogP contribution in [0, 0.1) is 11.3 Å². The standard InChI is InChI=1S/C26H36N2O5/c1-24(2,3)18-9-7-17(8-10-18)20(29)16-33-21(30)15-28-22(31)26(27-23(28)32)13-11-19(12-14-26)25(4,5)6/h7-10,19H,11-16H2,1-6H3,(H,27,32). The summed E-state index contributed by atoms with van der Waals surface area (Å²) in [5, 5.41) is 2.82. The third-order valence-electron chi connectivity index (χ3n) is 7.03. The predicted octanol–water partition coefficient (Wildman–Crippen LogP) is 4.24. The largest absolute Gasteiger partial charge is 0.456 e. The second-order valence-electron chi connectivity index (χ2n) is 11.5. The van der Waals surface area contributed by atoms with E-state index in [1.807, 2.05) is 12.1 Å². The van der Waals surface area contributed by atoms with Gasteiger partial charge in [0.15, 0.2) is 12.4 Å². The smallest absolute Gasteiger partial charge is 0.326 e. The highest BCUT2D eigenvalue weighted by molar-refractivity contribution is 6.09. The summed E-state index contributed by atoms with van der Waals surface area (Å²) in [4.78, 5) is 51.1. The molecule has 1 saturated heterocycles. The van der Waals surface area contributed by atoms with Crippen molar-refractivity contribution in [3.63, 3.8) is 0 Å². The van der Waals surface area contributed by atoms with E-state index in [-0.39, 0.29) is 22.5 Å². The van der Waals surface area contributed by atoms with Crippen molar-refractivity contribution in [2.24, 2.45) is 11.3 Å². The van der Waals surface area contributed by atoms with Crippen molar-refractivity contribution in [3.05, 3.63) is 35.4 Å². The zero-order valence-electron chi connectivity index (χ0n) is 20.6. The first-order valence-electron chi connectivity index (χ1n) is 11.7. The van der Waals surface area contributed by atoms with E-state index in [9.17, 15) is 19.2 Å². The van der Waals surface area contributed by atoms with Crippen molar-refractivity contribution in [3.8, 4) is 0 Å². The third kappa shape index (κ3) is 5.45. The van der Waals surface area contributed by atoms with Crippen LogP contribution < -0.4 is 5.32 Å². The number of nitrogens with one attached hydrogen (secondary N) is 1. The minimum atomic E-state index is -0.927. The lowest BCUT2D eigenvalue weighted by Gasteiger charge is -2.40. The van der Waals surface area contributed by atoms with Crippen LogP contribution in [0.5, 0.6) is 0 Å². The van der Waals surface area contributed by atoms with Crippen molar-refractivity contribution in [2.75, 3.05) is 13.2 Å². The zero-order chi connectivity index (χ0) is 24.6. The van der Waals surface area contributed by atoms with E-state index in [0.717, 1.165) is 23.3 Å². The highest BCUT2D eigenvalue weighted by Gasteiger charge is 2.53. The molecule has 1 heterocycles. The summed E-state index contributed by atoms with van der Waals surface area (Å²) < 4.78 is 5.09. The first-order chi connectivity index (χ1) is 15.2. The van der Waals surface area contributed by atoms with Gasteiger partial charge in [0, 0.05) is 5.56 Å². The summed E-state index contributed by atoms with van der Waals surface area (Å²) in [6.07, 6.45) is 2.81. The molecule has 180 valence electrons. The molecular formula is C26H36N2O5. The minimum absolute atomic E-state index is 0.0275. The van der Waals surface area contributed by atoms with Crippen LogP contribution in [0.1, 0.15) is 83.1 Å². The molecule has 0 atom stereocenters. The Morgan fingerprint density at radius 1 is 1.03 bits per heavy atom. The van der Waals surface area contributed by atoms with E-state index in [1.54, 1.807) is 12.1 Å². The molecule has 33 heavy (non-hydrogen) atoms. The number of carbonyl (C=O) groups excluding carboxylic acids is 4. The number of hydrogen-bond donors (Lipinski definition) is 1. The molecule has 2 aliphatic rings. The second-order valence-corrected chi connectivity index (χ2v) is 11.5. The highest BCUT2D eigenvalue weighted by Crippen LogP contribution is 2.43. The van der Waals surface area contributed by atoms with Gasteiger partial charge in [-0.25, -0.2) is 4.79 Å². The summed E-state index contributed by atoms with van der Waals surface area (Å²) in [5.74, 6) is -1.01. The summed E-state index contributed by atoms with van der Waals surface area (Å²) in [7, 11) is 0. The number of ketones is 1. The van der Waals surface area contributed by atoms with Gasteiger partial charge in [0.05, 0.1) is 0 Å². The van der Waals surface area contributed by atoms with Gasteiger partial charge in [-0.2, -0.15) is 0 Å². The number of urea groups is 1. The molecule has 7 heteroatoms. The highest BCUT2D eigenvalue weighted by atomic mass is 16.5. The molecule has 1 saturated carbocycles. The van der Waals surface area contributed by atoms with E-state index in [1.165, 1.54) is 0 Å². The average Bonchev–Trinajstić information content (AvgIpc) is 2.95. The molecule has 3 amide bonds. The lowest BCUT2D eigenvalue weighted by Crippen LogP contribution is -2.50. The maximum absolute atomic E-state index is 13.0. The van der Waals surface area contributed by atoms with E-state index in [0.29, 0.717) is 24.3 Å². The molecule has 0 radical (unpaired) electrons. The van der Waals surface area contributed by atoms with Crippen molar-refractivity contribution in [1.29, 1.82) is 0 Å². The molecule has 7 nitrogen and oxygen atoms in total. The van der Waals surface area contributed by atoms with Gasteiger partial charge in [0.2, 0.25) is 0 Å². The van der Waals surface area contributed by atoms with Crippen LogP contribution in [0.4, 0.5) is 4.79 Å². The number of Topliss-reactive ketones (excluding diaryl/α,β-unsaturated/α-hetero) is 1. The van der Waals surface area contributed by atoms with Gasteiger partial charge in [-0.3, -0.25) is 19.3 Å². The molecule has 1 aliphatic heterocycles. The van der Waals surface area contributed by atoms with Crippen LogP contribution in [0.2, 0.25) is 0 Å². The molecule has 1 aromatic carbocycles. The van der Waals surface area contributed by atoms with Crippen LogP contribution in [0.25, 0.3) is 0 Å². The number of ether oxygens (including phenoxy) is 1. The van der Waals surface area contributed by atoms with Crippen molar-refractivity contribution < 1.29 is 23.9 Å². The first-order valence-corrected chi connectivity index (χ1v) is 11.7. The number of nitrogens with zero attached hydrogens (tertiary/aromatic N) is 1. The Kier molecular flexibility index (Phi) is 6.74. The van der Waals surface area contributed by atoms with Crippen LogP contribution in [0.3, 0.4) is 0 Å². The van der Waals surface area contributed by atoms with E-state index in [4.69, 9.17) is 4.74 Å². The van der Waals surface area contributed by atoms with Crippen LogP contribution >= 0.6 is 0 Å². The predicted molar refractivity (Wildman–Crippen MR) is 125 cm³/mol. The quantitative estimate of drug-likeness (QED) is 0.406. The van der Waals surface area contributed by atoms with Gasteiger partial charge in [0.1, 0.15) is 12.1 Å². The number of imide groups is 1. The maximum atomic E-state index is 13.0. The lowest BCUT2D eigenvalue weighted by molar-refractivity contribution is -0.147. The Bertz CT molecular complexity index is 929. The summed E-state index contributed by atoms with van der Waals surface area (Å²) in [6, 6.07) is 6.62. The summed E-state index contributed by atoms with van der Waals surface area (Å²) >= 11 is 0. The maximum Gasteiger partial charge on any atom is 0.326 e. The summed E-state index contributed by atoms with van der Waals surface area (Å²) in [5.41, 5.74) is 0.737. The summed E-state index contributed by atoms with van der Waals surface area (Å²) in [6.45, 7) is 11.9. The lowest BCUT2D eigenvalue weighted by atomic mass is 9.67. The number of benzene rings is 1. The van der Waals surface area contributed by atoms with Gasteiger partial charge in [0.25, 0.3) is 5.91 Å². The van der Waals surface area contributed by atoms with E-state index in [2.05, 4.69) is 46.9 Å².